The number of aromatic carboxylic acids is 2. The zero-order valence-electron chi connectivity index (χ0n) is 7.68. The maximum Gasteiger partial charge on any atom is 0.353 e. The topological polar surface area (TPSA) is 107 Å². The largest absolute Gasteiger partial charge is 0.477 e. The van der Waals surface area contributed by atoms with Crippen molar-refractivity contribution in [2.45, 2.75) is 0 Å². The second kappa shape index (κ2) is 3.46. The number of thiophene rings is 1. The lowest BCUT2D eigenvalue weighted by atomic mass is 10.1. The van der Waals surface area contributed by atoms with Crippen LogP contribution in [0.5, 0.6) is 0 Å². The molecule has 0 aliphatic rings. The SMILES string of the molecule is O=C(O)c1[nH]c2ccsc2c(=O)c1C(=O)O. The number of hydrogen-bond donors (Lipinski definition) is 3. The fourth-order valence-electron chi connectivity index (χ4n) is 1.37. The Kier molecular flexibility index (Phi) is 2.24. The molecule has 0 saturated carbocycles. The number of carboxylic acid groups (broad SMARTS) is 2. The van der Waals surface area contributed by atoms with Crippen molar-refractivity contribution in [3.63, 3.8) is 0 Å². The van der Waals surface area contributed by atoms with Crippen LogP contribution in [-0.4, -0.2) is 27.1 Å². The van der Waals surface area contributed by atoms with E-state index in [1.54, 1.807) is 5.38 Å². The summed E-state index contributed by atoms with van der Waals surface area (Å²) in [5.74, 6) is -3.02. The highest BCUT2D eigenvalue weighted by Gasteiger charge is 2.22. The Morgan fingerprint density at radius 1 is 1.25 bits per heavy atom. The summed E-state index contributed by atoms with van der Waals surface area (Å²) in [4.78, 5) is 35.8. The number of pyridine rings is 1. The third-order valence-corrected chi connectivity index (χ3v) is 2.95. The molecule has 0 unspecified atom stereocenters. The Labute approximate surface area is 91.8 Å². The van der Waals surface area contributed by atoms with Gasteiger partial charge >= 0.3 is 11.9 Å². The first kappa shape index (κ1) is 10.4. The highest BCUT2D eigenvalue weighted by molar-refractivity contribution is 7.17. The van der Waals surface area contributed by atoms with Gasteiger partial charge in [-0.3, -0.25) is 4.79 Å². The molecule has 0 aliphatic carbocycles. The second-order valence-corrected chi connectivity index (χ2v) is 3.89. The Bertz CT molecular complexity index is 653. The van der Waals surface area contributed by atoms with Crippen LogP contribution in [0.15, 0.2) is 16.2 Å². The van der Waals surface area contributed by atoms with Gasteiger partial charge in [-0.2, -0.15) is 0 Å². The number of hydrogen-bond acceptors (Lipinski definition) is 4. The summed E-state index contributed by atoms with van der Waals surface area (Å²) in [7, 11) is 0. The Balaban J connectivity index is 2.98. The molecule has 0 aromatic carbocycles. The number of aromatic amines is 1. The molecule has 2 aromatic heterocycles. The number of carboxylic acids is 2. The smallest absolute Gasteiger partial charge is 0.353 e. The summed E-state index contributed by atoms with van der Waals surface area (Å²) in [5, 5.41) is 19.2. The van der Waals surface area contributed by atoms with Crippen LogP contribution in [0, 0.1) is 0 Å². The van der Waals surface area contributed by atoms with Crippen LogP contribution in [-0.2, 0) is 0 Å². The van der Waals surface area contributed by atoms with E-state index in [2.05, 4.69) is 4.98 Å². The molecule has 0 saturated heterocycles. The molecule has 2 aromatic rings. The van der Waals surface area contributed by atoms with Crippen molar-refractivity contribution in [2.75, 3.05) is 0 Å². The van der Waals surface area contributed by atoms with Gasteiger partial charge in [-0.05, 0) is 11.4 Å². The molecule has 0 amide bonds. The van der Waals surface area contributed by atoms with Crippen LogP contribution in [0.3, 0.4) is 0 Å². The van der Waals surface area contributed by atoms with E-state index in [0.29, 0.717) is 5.52 Å². The number of H-pyrrole nitrogens is 1. The standard InChI is InChI=1S/C9H5NO5S/c11-6-4(8(12)13)5(9(14)15)10-3-1-2-16-7(3)6/h1-2H,(H,10,11)(H,12,13)(H,14,15). The molecular weight excluding hydrogens is 234 g/mol. The zero-order valence-corrected chi connectivity index (χ0v) is 8.50. The first-order chi connectivity index (χ1) is 7.52. The molecule has 0 bridgehead atoms. The minimum absolute atomic E-state index is 0.211. The number of nitrogens with one attached hydrogen (secondary N) is 1. The van der Waals surface area contributed by atoms with Crippen molar-refractivity contribution in [3.8, 4) is 0 Å². The Morgan fingerprint density at radius 2 is 1.94 bits per heavy atom. The van der Waals surface area contributed by atoms with E-state index >= 15 is 0 Å². The van der Waals surface area contributed by atoms with E-state index in [1.807, 2.05) is 0 Å². The number of rotatable bonds is 2. The number of aromatic nitrogens is 1. The first-order valence-corrected chi connectivity index (χ1v) is 5.00. The molecule has 0 radical (unpaired) electrons. The molecule has 3 N–H and O–H groups in total. The Hall–Kier alpha value is -2.15. The van der Waals surface area contributed by atoms with Crippen LogP contribution < -0.4 is 5.43 Å². The number of fused-ring (bicyclic) bond motifs is 1. The maximum atomic E-state index is 11.7. The monoisotopic (exact) mass is 239 g/mol. The van der Waals surface area contributed by atoms with Crippen LogP contribution in [0.25, 0.3) is 10.2 Å². The van der Waals surface area contributed by atoms with Gasteiger partial charge in [-0.25, -0.2) is 9.59 Å². The molecule has 0 atom stereocenters. The molecule has 0 aliphatic heterocycles. The van der Waals surface area contributed by atoms with Gasteiger partial charge in [0, 0.05) is 0 Å². The highest BCUT2D eigenvalue weighted by atomic mass is 32.1. The minimum atomic E-state index is -1.55. The van der Waals surface area contributed by atoms with E-state index < -0.39 is 28.6 Å². The van der Waals surface area contributed by atoms with Crippen LogP contribution >= 0.6 is 11.3 Å². The van der Waals surface area contributed by atoms with Crippen LogP contribution in [0.2, 0.25) is 0 Å². The molecule has 7 heteroatoms. The van der Waals surface area contributed by atoms with Gasteiger partial charge in [0.05, 0.1) is 10.2 Å². The predicted molar refractivity (Wildman–Crippen MR) is 56.4 cm³/mol. The van der Waals surface area contributed by atoms with Gasteiger partial charge in [0.1, 0.15) is 11.3 Å². The van der Waals surface area contributed by atoms with Crippen LogP contribution in [0.1, 0.15) is 20.8 Å². The van der Waals surface area contributed by atoms with Crippen LogP contribution in [0.4, 0.5) is 0 Å². The fourth-order valence-corrected chi connectivity index (χ4v) is 2.17. The summed E-state index contributed by atoms with van der Waals surface area (Å²) < 4.78 is 0.211. The van der Waals surface area contributed by atoms with Gasteiger partial charge in [0.15, 0.2) is 0 Å². The molecule has 82 valence electrons. The van der Waals surface area contributed by atoms with Gasteiger partial charge in [0.25, 0.3) is 0 Å². The third kappa shape index (κ3) is 1.38. The summed E-state index contributed by atoms with van der Waals surface area (Å²) in [6.07, 6.45) is 0. The lowest BCUT2D eigenvalue weighted by Gasteiger charge is -2.01. The summed E-state index contributed by atoms with van der Waals surface area (Å²) in [5.41, 5.74) is -1.77. The molecule has 16 heavy (non-hydrogen) atoms. The lowest BCUT2D eigenvalue weighted by Crippen LogP contribution is -2.21. The van der Waals surface area contributed by atoms with Crippen molar-refractivity contribution in [1.29, 1.82) is 0 Å². The van der Waals surface area contributed by atoms with Gasteiger partial charge in [-0.15, -0.1) is 11.3 Å². The second-order valence-electron chi connectivity index (χ2n) is 2.98. The van der Waals surface area contributed by atoms with Gasteiger partial charge in [-0.1, -0.05) is 0 Å². The van der Waals surface area contributed by atoms with E-state index in [9.17, 15) is 14.4 Å². The van der Waals surface area contributed by atoms with E-state index in [4.69, 9.17) is 10.2 Å². The molecule has 0 spiro atoms. The van der Waals surface area contributed by atoms with Gasteiger partial charge in [0.2, 0.25) is 5.43 Å². The minimum Gasteiger partial charge on any atom is -0.477 e. The van der Waals surface area contributed by atoms with E-state index in [0.717, 1.165) is 11.3 Å². The normalized spacial score (nSPS) is 10.5. The summed E-state index contributed by atoms with van der Waals surface area (Å²) in [6, 6.07) is 1.53. The zero-order chi connectivity index (χ0) is 11.9. The number of carbonyl (C=O) groups is 2. The third-order valence-electron chi connectivity index (χ3n) is 2.04. The molecular formula is C9H5NO5S. The van der Waals surface area contributed by atoms with Crippen molar-refractivity contribution in [1.82, 2.24) is 4.98 Å². The molecule has 2 heterocycles. The highest BCUT2D eigenvalue weighted by Crippen LogP contribution is 2.17. The summed E-state index contributed by atoms with van der Waals surface area (Å²) in [6.45, 7) is 0. The van der Waals surface area contributed by atoms with Crippen molar-refractivity contribution < 1.29 is 19.8 Å². The average Bonchev–Trinajstić information content (AvgIpc) is 2.64. The van der Waals surface area contributed by atoms with Crippen molar-refractivity contribution in [2.24, 2.45) is 0 Å². The Morgan fingerprint density at radius 3 is 2.50 bits per heavy atom. The first-order valence-electron chi connectivity index (χ1n) is 4.12. The fraction of sp³-hybridized carbons (Fsp3) is 0. The van der Waals surface area contributed by atoms with E-state index in [-0.39, 0.29) is 4.70 Å². The average molecular weight is 239 g/mol. The molecule has 2 rings (SSSR count). The maximum absolute atomic E-state index is 11.7. The van der Waals surface area contributed by atoms with Gasteiger partial charge < -0.3 is 15.2 Å². The van der Waals surface area contributed by atoms with Crippen molar-refractivity contribution >= 4 is 33.5 Å². The van der Waals surface area contributed by atoms with Crippen molar-refractivity contribution in [3.05, 3.63) is 32.9 Å². The lowest BCUT2D eigenvalue weighted by molar-refractivity contribution is 0.0646. The van der Waals surface area contributed by atoms with E-state index in [1.165, 1.54) is 6.07 Å². The quantitative estimate of drug-likeness (QED) is 0.724. The molecule has 6 nitrogen and oxygen atoms in total. The summed E-state index contributed by atoms with van der Waals surface area (Å²) >= 11 is 1.07. The predicted octanol–water partition coefficient (Wildman–Crippen LogP) is 0.986. The molecule has 0 fully saturated rings.